The number of aromatic nitrogens is 2. The molecule has 15 heavy (non-hydrogen) atoms. The second-order valence-electron chi connectivity index (χ2n) is 3.06. The lowest BCUT2D eigenvalue weighted by Gasteiger charge is -2.05. The van der Waals surface area contributed by atoms with Crippen LogP contribution >= 0.6 is 11.6 Å². The van der Waals surface area contributed by atoms with Crippen LogP contribution in [0.15, 0.2) is 6.07 Å². The van der Waals surface area contributed by atoms with Crippen LogP contribution in [0.1, 0.15) is 19.2 Å². The Morgan fingerprint density at radius 1 is 1.60 bits per heavy atom. The van der Waals surface area contributed by atoms with E-state index in [-0.39, 0.29) is 6.54 Å². The Labute approximate surface area is 93.0 Å². The molecule has 0 bridgehead atoms. The van der Waals surface area contributed by atoms with Crippen molar-refractivity contribution in [3.8, 4) is 0 Å². The van der Waals surface area contributed by atoms with Crippen LogP contribution in [0.3, 0.4) is 0 Å². The van der Waals surface area contributed by atoms with Crippen molar-refractivity contribution in [3.05, 3.63) is 17.0 Å². The molecule has 0 unspecified atom stereocenters. The molecule has 1 aromatic heterocycles. The summed E-state index contributed by atoms with van der Waals surface area (Å²) < 4.78 is 0. The van der Waals surface area contributed by atoms with Crippen molar-refractivity contribution >= 4 is 23.3 Å². The predicted molar refractivity (Wildman–Crippen MR) is 58.7 cm³/mol. The number of rotatable bonds is 5. The summed E-state index contributed by atoms with van der Waals surface area (Å²) in [5, 5.41) is 3.14. The lowest BCUT2D eigenvalue weighted by atomic mass is 10.3. The van der Waals surface area contributed by atoms with E-state index < -0.39 is 5.91 Å². The lowest BCUT2D eigenvalue weighted by Crippen LogP contribution is -2.22. The maximum atomic E-state index is 10.6. The molecule has 1 amide bonds. The van der Waals surface area contributed by atoms with E-state index in [1.165, 1.54) is 0 Å². The highest BCUT2D eigenvalue weighted by Crippen LogP contribution is 2.12. The monoisotopic (exact) mass is 228 g/mol. The maximum absolute atomic E-state index is 10.6. The Balaban J connectivity index is 2.74. The molecule has 0 aliphatic carbocycles. The quantitative estimate of drug-likeness (QED) is 0.737. The Morgan fingerprint density at radius 2 is 2.33 bits per heavy atom. The van der Waals surface area contributed by atoms with Gasteiger partial charge in [-0.1, -0.05) is 18.5 Å². The molecule has 0 aliphatic rings. The van der Waals surface area contributed by atoms with Gasteiger partial charge in [0.25, 0.3) is 0 Å². The molecule has 0 fully saturated rings. The highest BCUT2D eigenvalue weighted by molar-refractivity contribution is 6.29. The van der Waals surface area contributed by atoms with Gasteiger partial charge in [0.05, 0.1) is 6.54 Å². The summed E-state index contributed by atoms with van der Waals surface area (Å²) in [6.07, 6.45) is 1.70. The Kier molecular flexibility index (Phi) is 4.30. The number of anilines is 1. The van der Waals surface area contributed by atoms with Crippen LogP contribution in [0.4, 0.5) is 5.82 Å². The van der Waals surface area contributed by atoms with Gasteiger partial charge in [0.1, 0.15) is 16.8 Å². The molecule has 0 radical (unpaired) electrons. The molecule has 1 rings (SSSR count). The zero-order valence-corrected chi connectivity index (χ0v) is 9.21. The minimum atomic E-state index is -0.443. The van der Waals surface area contributed by atoms with Crippen molar-refractivity contribution in [2.75, 3.05) is 11.9 Å². The third-order valence-corrected chi connectivity index (χ3v) is 1.85. The Bertz CT molecular complexity index is 356. The molecule has 0 aromatic carbocycles. The minimum absolute atomic E-state index is 0.0406. The first-order valence-electron chi connectivity index (χ1n) is 4.67. The predicted octanol–water partition coefficient (Wildman–Crippen LogP) is 0.980. The van der Waals surface area contributed by atoms with Gasteiger partial charge in [0, 0.05) is 12.5 Å². The SMILES string of the molecule is CCCc1nc(Cl)cc(NCC(N)=O)n1. The van der Waals surface area contributed by atoms with Crippen molar-refractivity contribution in [3.63, 3.8) is 0 Å². The van der Waals surface area contributed by atoms with E-state index in [9.17, 15) is 4.79 Å². The standard InChI is InChI=1S/C9H13ClN4O/c1-2-3-8-13-6(10)4-9(14-8)12-5-7(11)15/h4H,2-3,5H2,1H3,(H2,11,15)(H,12,13,14). The minimum Gasteiger partial charge on any atom is -0.368 e. The number of amides is 1. The molecule has 3 N–H and O–H groups in total. The van der Waals surface area contributed by atoms with E-state index in [0.29, 0.717) is 16.8 Å². The first-order valence-corrected chi connectivity index (χ1v) is 5.05. The van der Waals surface area contributed by atoms with Crippen LogP contribution in [0.25, 0.3) is 0 Å². The van der Waals surface area contributed by atoms with E-state index in [1.807, 2.05) is 6.92 Å². The number of hydrogen-bond donors (Lipinski definition) is 2. The van der Waals surface area contributed by atoms with Gasteiger partial charge in [-0.05, 0) is 6.42 Å². The molecule has 1 heterocycles. The van der Waals surface area contributed by atoms with E-state index in [1.54, 1.807) is 6.07 Å². The molecular weight excluding hydrogens is 216 g/mol. The average molecular weight is 229 g/mol. The second kappa shape index (κ2) is 5.50. The molecule has 0 atom stereocenters. The van der Waals surface area contributed by atoms with Crippen molar-refractivity contribution in [1.82, 2.24) is 9.97 Å². The van der Waals surface area contributed by atoms with Crippen molar-refractivity contribution in [2.45, 2.75) is 19.8 Å². The van der Waals surface area contributed by atoms with Crippen LogP contribution in [0.2, 0.25) is 5.15 Å². The summed E-state index contributed by atoms with van der Waals surface area (Å²) in [7, 11) is 0. The van der Waals surface area contributed by atoms with Crippen LogP contribution in [-0.2, 0) is 11.2 Å². The van der Waals surface area contributed by atoms with Gasteiger partial charge in [-0.15, -0.1) is 0 Å². The molecule has 0 saturated heterocycles. The topological polar surface area (TPSA) is 80.9 Å². The number of nitrogens with zero attached hydrogens (tertiary/aromatic N) is 2. The first-order chi connectivity index (χ1) is 7.11. The zero-order chi connectivity index (χ0) is 11.3. The van der Waals surface area contributed by atoms with Crippen LogP contribution in [0.5, 0.6) is 0 Å². The summed E-state index contributed by atoms with van der Waals surface area (Å²) >= 11 is 5.79. The summed E-state index contributed by atoms with van der Waals surface area (Å²) in [6, 6.07) is 1.56. The fourth-order valence-electron chi connectivity index (χ4n) is 1.07. The van der Waals surface area contributed by atoms with Gasteiger partial charge >= 0.3 is 0 Å². The number of carbonyl (C=O) groups excluding carboxylic acids is 1. The number of halogens is 1. The molecular formula is C9H13ClN4O. The molecule has 0 spiro atoms. The van der Waals surface area contributed by atoms with Gasteiger partial charge in [-0.25, -0.2) is 9.97 Å². The maximum Gasteiger partial charge on any atom is 0.236 e. The van der Waals surface area contributed by atoms with Crippen molar-refractivity contribution < 1.29 is 4.79 Å². The second-order valence-corrected chi connectivity index (χ2v) is 3.45. The van der Waals surface area contributed by atoms with E-state index in [0.717, 1.165) is 12.8 Å². The van der Waals surface area contributed by atoms with Crippen molar-refractivity contribution in [1.29, 1.82) is 0 Å². The number of aryl methyl sites for hydroxylation is 1. The lowest BCUT2D eigenvalue weighted by molar-refractivity contribution is -0.116. The molecule has 1 aromatic rings. The third kappa shape index (κ3) is 4.12. The fraction of sp³-hybridized carbons (Fsp3) is 0.444. The molecule has 82 valence electrons. The van der Waals surface area contributed by atoms with E-state index in [4.69, 9.17) is 17.3 Å². The fourth-order valence-corrected chi connectivity index (χ4v) is 1.27. The number of primary amides is 1. The largest absolute Gasteiger partial charge is 0.368 e. The van der Waals surface area contributed by atoms with Crippen molar-refractivity contribution in [2.24, 2.45) is 5.73 Å². The third-order valence-electron chi connectivity index (χ3n) is 1.66. The highest BCUT2D eigenvalue weighted by Gasteiger charge is 2.03. The van der Waals surface area contributed by atoms with Crippen LogP contribution in [-0.4, -0.2) is 22.4 Å². The summed E-state index contributed by atoms with van der Waals surface area (Å²) in [4.78, 5) is 18.8. The van der Waals surface area contributed by atoms with Gasteiger partial charge < -0.3 is 11.1 Å². The van der Waals surface area contributed by atoms with E-state index in [2.05, 4.69) is 15.3 Å². The Morgan fingerprint density at radius 3 is 2.93 bits per heavy atom. The number of carbonyl (C=O) groups is 1. The van der Waals surface area contributed by atoms with Gasteiger partial charge in [-0.2, -0.15) is 0 Å². The molecule has 0 aliphatic heterocycles. The number of hydrogen-bond acceptors (Lipinski definition) is 4. The van der Waals surface area contributed by atoms with Gasteiger partial charge in [0.2, 0.25) is 5.91 Å². The number of nitrogens with two attached hydrogens (primary N) is 1. The average Bonchev–Trinajstić information content (AvgIpc) is 2.14. The Hall–Kier alpha value is -1.36. The number of nitrogens with one attached hydrogen (secondary N) is 1. The molecule has 0 saturated carbocycles. The van der Waals surface area contributed by atoms with E-state index >= 15 is 0 Å². The zero-order valence-electron chi connectivity index (χ0n) is 8.46. The summed E-state index contributed by atoms with van der Waals surface area (Å²) in [6.45, 7) is 2.07. The van der Waals surface area contributed by atoms with Gasteiger partial charge in [-0.3, -0.25) is 4.79 Å². The first kappa shape index (κ1) is 11.7. The van der Waals surface area contributed by atoms with Gasteiger partial charge in [0.15, 0.2) is 0 Å². The normalized spacial score (nSPS) is 10.0. The molecule has 5 nitrogen and oxygen atoms in total. The molecule has 6 heteroatoms. The highest BCUT2D eigenvalue weighted by atomic mass is 35.5. The smallest absolute Gasteiger partial charge is 0.236 e. The summed E-state index contributed by atoms with van der Waals surface area (Å²) in [5.74, 6) is 0.746. The van der Waals surface area contributed by atoms with Crippen LogP contribution < -0.4 is 11.1 Å². The van der Waals surface area contributed by atoms with Crippen LogP contribution in [0, 0.1) is 0 Å². The summed E-state index contributed by atoms with van der Waals surface area (Å²) in [5.41, 5.74) is 5.00.